The molecule has 0 saturated heterocycles. The fraction of sp³-hybridized carbons (Fsp3) is 0.221. The normalized spacial score (nSPS) is 13.5. The number of para-hydroxylation sites is 2. The van der Waals surface area contributed by atoms with E-state index in [4.69, 9.17) is 8.83 Å². The van der Waals surface area contributed by atoms with E-state index >= 15 is 8.78 Å². The molecule has 12 aromatic rings. The maximum Gasteiger partial charge on any atom is 0.145 e. The van der Waals surface area contributed by atoms with Gasteiger partial charge in [0.2, 0.25) is 0 Å². The molecule has 0 atom stereocenters. The lowest BCUT2D eigenvalue weighted by Crippen LogP contribution is -2.29. The maximum atomic E-state index is 15.8. The van der Waals surface area contributed by atoms with Gasteiger partial charge < -0.3 is 18.6 Å². The molecule has 13 rings (SSSR count). The number of fused-ring (bicyclic) bond motifs is 11. The largest absolute Gasteiger partial charge is 0.455 e. The standard InChI is InChI=1S/C77H70F2N2O2/c1-73(2,3)47-25-37-55(38-26-47)80(56-39-27-48(28-40-56)74(4,5)6)63-45-61-69(71-67(63)59-17-13-15-19-65(59)82-71)70-62(77(61,51-21-33-53(78)34-22-51)52-23-35-54(79)36-24-52)46-64(68-60-18-14-16-20-66(60)83-72(68)70)81(57-41-29-49(30-42-57)75(7,8)9)58-43-31-50(32-44-58)76(10,11)12/h13-46H,1-12H3. The Labute approximate surface area is 486 Å². The molecule has 0 aliphatic heterocycles. The third-order valence-electron chi connectivity index (χ3n) is 17.3. The lowest BCUT2D eigenvalue weighted by Gasteiger charge is -2.36. The van der Waals surface area contributed by atoms with E-state index in [1.54, 1.807) is 24.3 Å². The van der Waals surface area contributed by atoms with Crippen LogP contribution in [-0.2, 0) is 27.1 Å². The summed E-state index contributed by atoms with van der Waals surface area (Å²) in [5, 5.41) is 3.75. The predicted octanol–water partition coefficient (Wildman–Crippen LogP) is 22.3. The number of anilines is 6. The van der Waals surface area contributed by atoms with Gasteiger partial charge in [-0.1, -0.05) is 192 Å². The van der Waals surface area contributed by atoms with Gasteiger partial charge in [-0.25, -0.2) is 8.78 Å². The van der Waals surface area contributed by atoms with Crippen molar-refractivity contribution >= 4 is 78.0 Å². The van der Waals surface area contributed by atoms with Crippen LogP contribution in [0.4, 0.5) is 42.9 Å². The summed E-state index contributed by atoms with van der Waals surface area (Å²) in [6.07, 6.45) is 0. The number of benzene rings is 10. The van der Waals surface area contributed by atoms with E-state index < -0.39 is 5.41 Å². The Bertz CT molecular complexity index is 4040. The van der Waals surface area contributed by atoms with Gasteiger partial charge in [-0.15, -0.1) is 0 Å². The highest BCUT2D eigenvalue weighted by Gasteiger charge is 2.51. The van der Waals surface area contributed by atoms with Crippen LogP contribution in [0.2, 0.25) is 0 Å². The fourth-order valence-electron chi connectivity index (χ4n) is 12.8. The van der Waals surface area contributed by atoms with Crippen molar-refractivity contribution in [3.05, 3.63) is 262 Å². The summed E-state index contributed by atoms with van der Waals surface area (Å²) in [5.41, 5.74) is 16.8. The second-order valence-corrected chi connectivity index (χ2v) is 26.9. The Morgan fingerprint density at radius 2 is 0.614 bits per heavy atom. The fourth-order valence-corrected chi connectivity index (χ4v) is 12.8. The van der Waals surface area contributed by atoms with Crippen molar-refractivity contribution in [2.24, 2.45) is 0 Å². The molecule has 2 aromatic heterocycles. The maximum absolute atomic E-state index is 15.8. The highest BCUT2D eigenvalue weighted by molar-refractivity contribution is 6.25. The quantitative estimate of drug-likeness (QED) is 0.152. The monoisotopic (exact) mass is 1090 g/mol. The zero-order valence-electron chi connectivity index (χ0n) is 49.6. The highest BCUT2D eigenvalue weighted by Crippen LogP contribution is 2.64. The minimum atomic E-state index is -1.24. The van der Waals surface area contributed by atoms with Gasteiger partial charge in [0.15, 0.2) is 0 Å². The number of rotatable bonds is 8. The molecule has 0 radical (unpaired) electrons. The average Bonchev–Trinajstić information content (AvgIpc) is 1.61. The first-order valence-corrected chi connectivity index (χ1v) is 29.0. The molecule has 0 N–H and O–H groups in total. The first-order valence-electron chi connectivity index (χ1n) is 29.0. The topological polar surface area (TPSA) is 32.8 Å². The lowest BCUT2D eigenvalue weighted by atomic mass is 9.67. The molecule has 10 aromatic carbocycles. The molecule has 414 valence electrons. The summed E-state index contributed by atoms with van der Waals surface area (Å²) in [7, 11) is 0. The van der Waals surface area contributed by atoms with E-state index in [0.29, 0.717) is 11.2 Å². The molecule has 1 aliphatic rings. The Kier molecular flexibility index (Phi) is 12.4. The van der Waals surface area contributed by atoms with E-state index in [2.05, 4.69) is 226 Å². The van der Waals surface area contributed by atoms with Crippen LogP contribution in [0, 0.1) is 11.6 Å². The summed E-state index contributed by atoms with van der Waals surface area (Å²) in [4.78, 5) is 4.72. The second kappa shape index (κ2) is 19.2. The van der Waals surface area contributed by atoms with Crippen molar-refractivity contribution in [3.8, 4) is 11.1 Å². The minimum absolute atomic E-state index is 0.0861. The van der Waals surface area contributed by atoms with Crippen LogP contribution in [0.25, 0.3) is 55.0 Å². The molecule has 83 heavy (non-hydrogen) atoms. The smallest absolute Gasteiger partial charge is 0.145 e. The molecule has 0 fully saturated rings. The minimum Gasteiger partial charge on any atom is -0.455 e. The Morgan fingerprint density at radius 1 is 0.337 bits per heavy atom. The van der Waals surface area contributed by atoms with Crippen molar-refractivity contribution in [1.29, 1.82) is 0 Å². The highest BCUT2D eigenvalue weighted by atomic mass is 19.1. The van der Waals surface area contributed by atoms with Crippen LogP contribution in [0.5, 0.6) is 0 Å². The van der Waals surface area contributed by atoms with Gasteiger partial charge in [-0.3, -0.25) is 0 Å². The van der Waals surface area contributed by atoms with Gasteiger partial charge in [0.05, 0.1) is 27.6 Å². The molecule has 2 heterocycles. The van der Waals surface area contributed by atoms with Gasteiger partial charge in [-0.05, 0) is 163 Å². The Morgan fingerprint density at radius 3 is 0.892 bits per heavy atom. The van der Waals surface area contributed by atoms with E-state index in [0.717, 1.165) is 100 Å². The van der Waals surface area contributed by atoms with Crippen LogP contribution in [-0.4, -0.2) is 0 Å². The molecule has 0 saturated carbocycles. The van der Waals surface area contributed by atoms with Crippen molar-refractivity contribution in [3.63, 3.8) is 0 Å². The molecule has 0 spiro atoms. The third kappa shape index (κ3) is 8.83. The first kappa shape index (κ1) is 53.6. The molecular formula is C77H70F2N2O2. The third-order valence-corrected chi connectivity index (χ3v) is 17.3. The van der Waals surface area contributed by atoms with Gasteiger partial charge in [0, 0.05) is 44.6 Å². The van der Waals surface area contributed by atoms with Gasteiger partial charge >= 0.3 is 0 Å². The molecule has 6 heteroatoms. The molecule has 4 nitrogen and oxygen atoms in total. The van der Waals surface area contributed by atoms with Crippen LogP contribution in [0.15, 0.2) is 215 Å². The molecule has 0 amide bonds. The number of nitrogens with zero attached hydrogens (tertiary/aromatic N) is 2. The Hall–Kier alpha value is -8.74. The zero-order chi connectivity index (χ0) is 58.1. The molecule has 0 bridgehead atoms. The molecule has 1 aliphatic carbocycles. The zero-order valence-corrected chi connectivity index (χ0v) is 49.6. The SMILES string of the molecule is CC(C)(C)c1ccc(N(c2ccc(C(C)(C)C)cc2)c2cc3c(c4oc5ccccc5c24)-c2c(cc(N(c4ccc(C(C)(C)C)cc4)c4ccc(C(C)(C)C)cc4)c4c2oc2ccccc24)C3(c2ccc(F)cc2)c2ccc(F)cc2)cc1. The van der Waals surface area contributed by atoms with E-state index in [-0.39, 0.29) is 33.3 Å². The van der Waals surface area contributed by atoms with Crippen molar-refractivity contribution in [2.75, 3.05) is 9.80 Å². The summed E-state index contributed by atoms with van der Waals surface area (Å²) in [5.74, 6) is -0.731. The number of halogens is 2. The summed E-state index contributed by atoms with van der Waals surface area (Å²) >= 11 is 0. The Balaban J connectivity index is 1.23. The molecular weight excluding hydrogens is 1020 g/mol. The summed E-state index contributed by atoms with van der Waals surface area (Å²) < 4.78 is 46.5. The lowest BCUT2D eigenvalue weighted by molar-refractivity contribution is 0.590. The van der Waals surface area contributed by atoms with Gasteiger partial charge in [0.25, 0.3) is 0 Å². The van der Waals surface area contributed by atoms with Crippen LogP contribution < -0.4 is 9.80 Å². The van der Waals surface area contributed by atoms with E-state index in [1.807, 2.05) is 48.5 Å². The van der Waals surface area contributed by atoms with Crippen LogP contribution in [0.3, 0.4) is 0 Å². The van der Waals surface area contributed by atoms with E-state index in [1.165, 1.54) is 22.3 Å². The first-order chi connectivity index (χ1) is 39.5. The average molecular weight is 1090 g/mol. The van der Waals surface area contributed by atoms with Crippen molar-refractivity contribution in [2.45, 2.75) is 110 Å². The van der Waals surface area contributed by atoms with Crippen molar-refractivity contribution in [1.82, 2.24) is 0 Å². The van der Waals surface area contributed by atoms with E-state index in [9.17, 15) is 0 Å². The van der Waals surface area contributed by atoms with Gasteiger partial charge in [0.1, 0.15) is 34.0 Å². The second-order valence-electron chi connectivity index (χ2n) is 26.9. The number of hydrogen-bond donors (Lipinski definition) is 0. The van der Waals surface area contributed by atoms with Crippen molar-refractivity contribution < 1.29 is 17.6 Å². The number of hydrogen-bond acceptors (Lipinski definition) is 4. The predicted molar refractivity (Wildman–Crippen MR) is 342 cm³/mol. The van der Waals surface area contributed by atoms with Gasteiger partial charge in [-0.2, -0.15) is 0 Å². The van der Waals surface area contributed by atoms with Crippen LogP contribution >= 0.6 is 0 Å². The summed E-state index contributed by atoms with van der Waals surface area (Å²) in [6, 6.07) is 70.7. The summed E-state index contributed by atoms with van der Waals surface area (Å²) in [6.45, 7) is 26.9. The van der Waals surface area contributed by atoms with Crippen LogP contribution in [0.1, 0.15) is 128 Å². The molecule has 0 unspecified atom stereocenters. The number of furan rings is 2.